The maximum absolute atomic E-state index is 13.4. The van der Waals surface area contributed by atoms with Crippen molar-refractivity contribution in [2.24, 2.45) is 11.1 Å². The Balaban J connectivity index is 2.91. The SMILES string of the molecule is CC(C)(C)C(CN)NC(=O)c1cc(F)ccc1F. The summed E-state index contributed by atoms with van der Waals surface area (Å²) in [5.41, 5.74) is 5.01. The molecule has 0 aliphatic heterocycles. The smallest absolute Gasteiger partial charge is 0.254 e. The summed E-state index contributed by atoms with van der Waals surface area (Å²) in [6.45, 7) is 5.96. The minimum Gasteiger partial charge on any atom is -0.347 e. The fourth-order valence-corrected chi connectivity index (χ4v) is 1.54. The fraction of sp³-hybridized carbons (Fsp3) is 0.462. The van der Waals surface area contributed by atoms with E-state index in [1.165, 1.54) is 0 Å². The van der Waals surface area contributed by atoms with Crippen molar-refractivity contribution in [3.05, 3.63) is 35.4 Å². The Morgan fingerprint density at radius 3 is 2.50 bits per heavy atom. The Morgan fingerprint density at radius 2 is 2.00 bits per heavy atom. The molecule has 0 aliphatic rings. The zero-order valence-corrected chi connectivity index (χ0v) is 10.8. The van der Waals surface area contributed by atoms with Crippen LogP contribution in [0, 0.1) is 17.0 Å². The van der Waals surface area contributed by atoms with Gasteiger partial charge in [-0.15, -0.1) is 0 Å². The Hall–Kier alpha value is -1.49. The van der Waals surface area contributed by atoms with E-state index >= 15 is 0 Å². The number of carbonyl (C=O) groups is 1. The van der Waals surface area contributed by atoms with Gasteiger partial charge in [0.1, 0.15) is 11.6 Å². The maximum atomic E-state index is 13.4. The number of nitrogens with two attached hydrogens (primary N) is 1. The Bertz CT molecular complexity index is 441. The largest absolute Gasteiger partial charge is 0.347 e. The van der Waals surface area contributed by atoms with E-state index in [0.29, 0.717) is 0 Å². The van der Waals surface area contributed by atoms with Crippen molar-refractivity contribution in [3.8, 4) is 0 Å². The highest BCUT2D eigenvalue weighted by Crippen LogP contribution is 2.19. The molecule has 0 aromatic heterocycles. The lowest BCUT2D eigenvalue weighted by atomic mass is 9.86. The van der Waals surface area contributed by atoms with Gasteiger partial charge in [-0.05, 0) is 23.6 Å². The molecule has 0 bridgehead atoms. The highest BCUT2D eigenvalue weighted by molar-refractivity contribution is 5.94. The number of amides is 1. The summed E-state index contributed by atoms with van der Waals surface area (Å²) < 4.78 is 26.4. The van der Waals surface area contributed by atoms with Crippen molar-refractivity contribution < 1.29 is 13.6 Å². The van der Waals surface area contributed by atoms with Crippen LogP contribution in [0.3, 0.4) is 0 Å². The van der Waals surface area contributed by atoms with Gasteiger partial charge < -0.3 is 11.1 Å². The maximum Gasteiger partial charge on any atom is 0.254 e. The first kappa shape index (κ1) is 14.6. The molecule has 3 nitrogen and oxygen atoms in total. The molecule has 0 aliphatic carbocycles. The van der Waals surface area contributed by atoms with Crippen LogP contribution in [-0.2, 0) is 0 Å². The first-order chi connectivity index (χ1) is 8.25. The standard InChI is InChI=1S/C13H18F2N2O/c1-13(2,3)11(7-16)17-12(18)9-6-8(14)4-5-10(9)15/h4-6,11H,7,16H2,1-3H3,(H,17,18). The highest BCUT2D eigenvalue weighted by Gasteiger charge is 2.26. The van der Waals surface area contributed by atoms with Crippen LogP contribution in [-0.4, -0.2) is 18.5 Å². The van der Waals surface area contributed by atoms with Crippen molar-refractivity contribution in [1.29, 1.82) is 0 Å². The van der Waals surface area contributed by atoms with Gasteiger partial charge in [-0.1, -0.05) is 20.8 Å². The van der Waals surface area contributed by atoms with Crippen LogP contribution in [0.1, 0.15) is 31.1 Å². The second-order valence-electron chi connectivity index (χ2n) is 5.25. The van der Waals surface area contributed by atoms with E-state index < -0.39 is 17.5 Å². The number of carbonyl (C=O) groups excluding carboxylic acids is 1. The second kappa shape index (κ2) is 5.44. The Kier molecular flexibility index (Phi) is 4.40. The molecule has 0 saturated heterocycles. The lowest BCUT2D eigenvalue weighted by Crippen LogP contribution is -2.48. The van der Waals surface area contributed by atoms with Gasteiger partial charge >= 0.3 is 0 Å². The minimum atomic E-state index is -0.751. The molecule has 0 fully saturated rings. The number of hydrogen-bond donors (Lipinski definition) is 2. The van der Waals surface area contributed by atoms with E-state index in [1.807, 2.05) is 20.8 Å². The third-order valence-corrected chi connectivity index (χ3v) is 2.76. The molecule has 0 heterocycles. The average Bonchev–Trinajstić information content (AvgIpc) is 2.27. The zero-order chi connectivity index (χ0) is 13.9. The molecule has 1 aromatic carbocycles. The lowest BCUT2D eigenvalue weighted by Gasteiger charge is -2.30. The fourth-order valence-electron chi connectivity index (χ4n) is 1.54. The van der Waals surface area contributed by atoms with E-state index in [1.54, 1.807) is 0 Å². The number of halogens is 2. The van der Waals surface area contributed by atoms with Gasteiger partial charge in [0, 0.05) is 12.6 Å². The number of benzene rings is 1. The normalized spacial score (nSPS) is 13.2. The van der Waals surface area contributed by atoms with E-state index in [2.05, 4.69) is 5.32 Å². The molecule has 5 heteroatoms. The van der Waals surface area contributed by atoms with Crippen molar-refractivity contribution in [2.75, 3.05) is 6.54 Å². The van der Waals surface area contributed by atoms with Crippen LogP contribution in [0.4, 0.5) is 8.78 Å². The zero-order valence-electron chi connectivity index (χ0n) is 10.8. The van der Waals surface area contributed by atoms with Crippen LogP contribution in [0.15, 0.2) is 18.2 Å². The molecule has 3 N–H and O–H groups in total. The first-order valence-corrected chi connectivity index (χ1v) is 5.71. The van der Waals surface area contributed by atoms with Crippen molar-refractivity contribution in [2.45, 2.75) is 26.8 Å². The Labute approximate surface area is 105 Å². The predicted octanol–water partition coefficient (Wildman–Crippen LogP) is 2.07. The first-order valence-electron chi connectivity index (χ1n) is 5.71. The van der Waals surface area contributed by atoms with Crippen LogP contribution in [0.5, 0.6) is 0 Å². The number of nitrogens with one attached hydrogen (secondary N) is 1. The van der Waals surface area contributed by atoms with Crippen molar-refractivity contribution in [3.63, 3.8) is 0 Å². The summed E-state index contributed by atoms with van der Waals surface area (Å²) in [6, 6.07) is 2.46. The van der Waals surface area contributed by atoms with E-state index in [4.69, 9.17) is 5.73 Å². The molecule has 1 aromatic rings. The van der Waals surface area contributed by atoms with Gasteiger partial charge in [-0.2, -0.15) is 0 Å². The van der Waals surface area contributed by atoms with Gasteiger partial charge in [0.05, 0.1) is 5.56 Å². The topological polar surface area (TPSA) is 55.1 Å². The van der Waals surface area contributed by atoms with Crippen molar-refractivity contribution in [1.82, 2.24) is 5.32 Å². The van der Waals surface area contributed by atoms with Gasteiger partial charge in [0.25, 0.3) is 5.91 Å². The molecular formula is C13H18F2N2O. The molecular weight excluding hydrogens is 238 g/mol. The lowest BCUT2D eigenvalue weighted by molar-refractivity contribution is 0.0901. The molecule has 0 saturated carbocycles. The van der Waals surface area contributed by atoms with Crippen LogP contribution < -0.4 is 11.1 Å². The summed E-state index contributed by atoms with van der Waals surface area (Å²) in [4.78, 5) is 11.9. The molecule has 0 radical (unpaired) electrons. The Morgan fingerprint density at radius 1 is 1.39 bits per heavy atom. The molecule has 1 amide bonds. The summed E-state index contributed by atoms with van der Waals surface area (Å²) in [7, 11) is 0. The predicted molar refractivity (Wildman–Crippen MR) is 66.1 cm³/mol. The third-order valence-electron chi connectivity index (χ3n) is 2.76. The van der Waals surface area contributed by atoms with Crippen LogP contribution in [0.2, 0.25) is 0 Å². The number of hydrogen-bond acceptors (Lipinski definition) is 2. The average molecular weight is 256 g/mol. The summed E-state index contributed by atoms with van der Waals surface area (Å²) in [6.07, 6.45) is 0. The monoisotopic (exact) mass is 256 g/mol. The van der Waals surface area contributed by atoms with Gasteiger partial charge in [0.15, 0.2) is 0 Å². The van der Waals surface area contributed by atoms with E-state index in [9.17, 15) is 13.6 Å². The van der Waals surface area contributed by atoms with Gasteiger partial charge in [-0.3, -0.25) is 4.79 Å². The molecule has 1 unspecified atom stereocenters. The molecule has 0 spiro atoms. The molecule has 18 heavy (non-hydrogen) atoms. The quantitative estimate of drug-likeness (QED) is 0.869. The molecule has 1 atom stereocenters. The summed E-state index contributed by atoms with van der Waals surface area (Å²) in [5, 5.41) is 2.62. The van der Waals surface area contributed by atoms with Gasteiger partial charge in [-0.25, -0.2) is 8.78 Å². The molecule has 100 valence electrons. The van der Waals surface area contributed by atoms with E-state index in [0.717, 1.165) is 18.2 Å². The number of rotatable bonds is 3. The second-order valence-corrected chi connectivity index (χ2v) is 5.25. The van der Waals surface area contributed by atoms with Crippen molar-refractivity contribution >= 4 is 5.91 Å². The third kappa shape index (κ3) is 3.50. The minimum absolute atomic E-state index is 0.228. The molecule has 1 rings (SSSR count). The van der Waals surface area contributed by atoms with Crippen LogP contribution >= 0.6 is 0 Å². The van der Waals surface area contributed by atoms with E-state index in [-0.39, 0.29) is 23.6 Å². The summed E-state index contributed by atoms with van der Waals surface area (Å²) in [5.74, 6) is -2.06. The highest BCUT2D eigenvalue weighted by atomic mass is 19.1. The summed E-state index contributed by atoms with van der Waals surface area (Å²) >= 11 is 0. The van der Waals surface area contributed by atoms with Gasteiger partial charge in [0.2, 0.25) is 0 Å². The van der Waals surface area contributed by atoms with Crippen LogP contribution in [0.25, 0.3) is 0 Å².